The normalized spacial score (nSPS) is 11.1. The van der Waals surface area contributed by atoms with E-state index in [1.54, 1.807) is 37.4 Å². The Hall–Kier alpha value is -4.26. The number of aromatic nitrogens is 2. The van der Waals surface area contributed by atoms with Gasteiger partial charge < -0.3 is 9.47 Å². The van der Waals surface area contributed by atoms with E-state index < -0.39 is 0 Å². The van der Waals surface area contributed by atoms with E-state index in [4.69, 9.17) is 9.47 Å². The molecule has 0 saturated heterocycles. The summed E-state index contributed by atoms with van der Waals surface area (Å²) in [5.41, 5.74) is 2.70. The van der Waals surface area contributed by atoms with Crippen LogP contribution in [0.3, 0.4) is 0 Å². The highest BCUT2D eigenvalue weighted by Crippen LogP contribution is 2.15. The lowest BCUT2D eigenvalue weighted by atomic mass is 10.1. The molecule has 160 valence electrons. The minimum absolute atomic E-state index is 0.206. The van der Waals surface area contributed by atoms with Crippen molar-refractivity contribution in [3.05, 3.63) is 106 Å². The summed E-state index contributed by atoms with van der Waals surface area (Å²) in [4.78, 5) is 28.6. The van der Waals surface area contributed by atoms with Gasteiger partial charge in [0.25, 0.3) is 5.56 Å². The predicted octanol–water partition coefficient (Wildman–Crippen LogP) is 3.95. The Morgan fingerprint density at radius 2 is 1.75 bits per heavy atom. The SMILES string of the molecule is COC(=O)c1ccc(COc2ccc(/C=N/n3c(C)nc4ccccc4c3=O)cc2)cc1. The van der Waals surface area contributed by atoms with Gasteiger partial charge in [-0.05, 0) is 66.6 Å². The first-order valence-electron chi connectivity index (χ1n) is 9.98. The van der Waals surface area contributed by atoms with Crippen molar-refractivity contribution in [2.75, 3.05) is 7.11 Å². The molecular weight excluding hydrogens is 406 g/mol. The van der Waals surface area contributed by atoms with Crippen LogP contribution >= 0.6 is 0 Å². The minimum atomic E-state index is -0.369. The Morgan fingerprint density at radius 3 is 2.47 bits per heavy atom. The van der Waals surface area contributed by atoms with E-state index >= 15 is 0 Å². The van der Waals surface area contributed by atoms with Crippen molar-refractivity contribution in [3.8, 4) is 5.75 Å². The van der Waals surface area contributed by atoms with Crippen LogP contribution in [0.2, 0.25) is 0 Å². The van der Waals surface area contributed by atoms with Crippen LogP contribution in [0.1, 0.15) is 27.3 Å². The Morgan fingerprint density at radius 1 is 1.03 bits per heavy atom. The van der Waals surface area contributed by atoms with Gasteiger partial charge in [0.05, 0.1) is 29.8 Å². The zero-order valence-corrected chi connectivity index (χ0v) is 17.7. The third kappa shape index (κ3) is 4.57. The number of hydrogen-bond acceptors (Lipinski definition) is 6. The molecule has 4 aromatic rings. The first-order chi connectivity index (χ1) is 15.5. The lowest BCUT2D eigenvalue weighted by Crippen LogP contribution is -2.20. The summed E-state index contributed by atoms with van der Waals surface area (Å²) in [7, 11) is 1.35. The summed E-state index contributed by atoms with van der Waals surface area (Å²) in [5.74, 6) is 0.842. The summed E-state index contributed by atoms with van der Waals surface area (Å²) >= 11 is 0. The molecule has 1 heterocycles. The van der Waals surface area contributed by atoms with Gasteiger partial charge in [-0.3, -0.25) is 4.79 Å². The molecule has 0 aliphatic carbocycles. The number of carbonyl (C=O) groups is 1. The number of esters is 1. The molecule has 1 aromatic heterocycles. The molecule has 0 aliphatic rings. The number of aryl methyl sites for hydroxylation is 1. The topological polar surface area (TPSA) is 82.8 Å². The van der Waals surface area contributed by atoms with Gasteiger partial charge >= 0.3 is 5.97 Å². The Kier molecular flexibility index (Phi) is 6.07. The summed E-state index contributed by atoms with van der Waals surface area (Å²) in [6, 6.07) is 21.6. The zero-order valence-electron chi connectivity index (χ0n) is 17.7. The molecule has 3 aromatic carbocycles. The highest BCUT2D eigenvalue weighted by atomic mass is 16.5. The van der Waals surface area contributed by atoms with Gasteiger partial charge in [0.2, 0.25) is 0 Å². The van der Waals surface area contributed by atoms with Crippen LogP contribution in [0.25, 0.3) is 10.9 Å². The first kappa shape index (κ1) is 21.0. The van der Waals surface area contributed by atoms with Crippen molar-refractivity contribution >= 4 is 23.1 Å². The van der Waals surface area contributed by atoms with Crippen molar-refractivity contribution in [2.45, 2.75) is 13.5 Å². The second-order valence-electron chi connectivity index (χ2n) is 7.08. The molecule has 0 N–H and O–H groups in total. The Bertz CT molecular complexity index is 1340. The molecule has 0 bridgehead atoms. The van der Waals surface area contributed by atoms with Crippen molar-refractivity contribution in [1.82, 2.24) is 9.66 Å². The lowest BCUT2D eigenvalue weighted by molar-refractivity contribution is 0.0600. The fourth-order valence-corrected chi connectivity index (χ4v) is 3.17. The number of ether oxygens (including phenoxy) is 2. The van der Waals surface area contributed by atoms with Crippen LogP contribution in [0.5, 0.6) is 5.75 Å². The maximum absolute atomic E-state index is 12.7. The largest absolute Gasteiger partial charge is 0.489 e. The van der Waals surface area contributed by atoms with Crippen LogP contribution in [-0.2, 0) is 11.3 Å². The average molecular weight is 427 g/mol. The molecule has 0 spiro atoms. The molecule has 0 aliphatic heterocycles. The Balaban J connectivity index is 1.43. The van der Waals surface area contributed by atoms with Crippen LogP contribution in [0, 0.1) is 6.92 Å². The molecule has 4 rings (SSSR count). The van der Waals surface area contributed by atoms with E-state index in [1.807, 2.05) is 48.5 Å². The number of para-hydroxylation sites is 1. The minimum Gasteiger partial charge on any atom is -0.489 e. The molecule has 0 radical (unpaired) electrons. The number of carbonyl (C=O) groups excluding carboxylic acids is 1. The third-order valence-electron chi connectivity index (χ3n) is 4.90. The summed E-state index contributed by atoms with van der Waals surface area (Å²) in [6.45, 7) is 2.12. The second kappa shape index (κ2) is 9.26. The van der Waals surface area contributed by atoms with Gasteiger partial charge in [0.1, 0.15) is 18.2 Å². The van der Waals surface area contributed by atoms with Gasteiger partial charge in [-0.15, -0.1) is 0 Å². The van der Waals surface area contributed by atoms with Gasteiger partial charge in [0, 0.05) is 0 Å². The molecule has 7 heteroatoms. The quantitative estimate of drug-likeness (QED) is 0.344. The number of benzene rings is 3. The standard InChI is InChI=1S/C25H21N3O4/c1-17-27-23-6-4-3-5-22(23)24(29)28(17)26-15-18-9-13-21(14-10-18)32-16-19-7-11-20(12-8-19)25(30)31-2/h3-15H,16H2,1-2H3/b26-15+. The van der Waals surface area contributed by atoms with Crippen LogP contribution in [-0.4, -0.2) is 29.0 Å². The van der Waals surface area contributed by atoms with Crippen LogP contribution in [0.4, 0.5) is 0 Å². The molecule has 0 unspecified atom stereocenters. The van der Waals surface area contributed by atoms with E-state index in [1.165, 1.54) is 11.8 Å². The van der Waals surface area contributed by atoms with Crippen LogP contribution in [0.15, 0.2) is 82.7 Å². The molecule has 32 heavy (non-hydrogen) atoms. The summed E-state index contributed by atoms with van der Waals surface area (Å²) < 4.78 is 11.8. The molecule has 0 saturated carbocycles. The molecule has 0 fully saturated rings. The highest BCUT2D eigenvalue weighted by Gasteiger charge is 2.07. The first-order valence-corrected chi connectivity index (χ1v) is 9.98. The number of rotatable bonds is 6. The van der Waals surface area contributed by atoms with Crippen molar-refractivity contribution in [1.29, 1.82) is 0 Å². The lowest BCUT2D eigenvalue weighted by Gasteiger charge is -2.07. The second-order valence-corrected chi connectivity index (χ2v) is 7.08. The van der Waals surface area contributed by atoms with E-state index in [9.17, 15) is 9.59 Å². The van der Waals surface area contributed by atoms with Gasteiger partial charge in [-0.2, -0.15) is 9.78 Å². The van der Waals surface area contributed by atoms with Crippen LogP contribution < -0.4 is 10.3 Å². The van der Waals surface area contributed by atoms with Gasteiger partial charge in [-0.25, -0.2) is 9.78 Å². The monoisotopic (exact) mass is 427 g/mol. The molecular formula is C25H21N3O4. The van der Waals surface area contributed by atoms with Gasteiger partial charge in [0.15, 0.2) is 0 Å². The summed E-state index contributed by atoms with van der Waals surface area (Å²) in [5, 5.41) is 4.84. The van der Waals surface area contributed by atoms with Crippen molar-refractivity contribution in [2.24, 2.45) is 5.10 Å². The van der Waals surface area contributed by atoms with E-state index in [0.29, 0.717) is 34.6 Å². The molecule has 0 atom stereocenters. The average Bonchev–Trinajstić information content (AvgIpc) is 2.83. The smallest absolute Gasteiger partial charge is 0.337 e. The number of fused-ring (bicyclic) bond motifs is 1. The van der Waals surface area contributed by atoms with E-state index in [2.05, 4.69) is 10.1 Å². The number of nitrogens with zero attached hydrogens (tertiary/aromatic N) is 3. The molecule has 7 nitrogen and oxygen atoms in total. The van der Waals surface area contributed by atoms with Gasteiger partial charge in [-0.1, -0.05) is 24.3 Å². The fraction of sp³-hybridized carbons (Fsp3) is 0.120. The number of methoxy groups -OCH3 is 1. The maximum Gasteiger partial charge on any atom is 0.337 e. The number of hydrogen-bond donors (Lipinski definition) is 0. The summed E-state index contributed by atoms with van der Waals surface area (Å²) in [6.07, 6.45) is 1.61. The highest BCUT2D eigenvalue weighted by molar-refractivity contribution is 5.89. The van der Waals surface area contributed by atoms with Crippen molar-refractivity contribution in [3.63, 3.8) is 0 Å². The van der Waals surface area contributed by atoms with Crippen molar-refractivity contribution < 1.29 is 14.3 Å². The van der Waals surface area contributed by atoms with E-state index in [-0.39, 0.29) is 11.5 Å². The maximum atomic E-state index is 12.7. The predicted molar refractivity (Wildman–Crippen MR) is 122 cm³/mol. The van der Waals surface area contributed by atoms with E-state index in [0.717, 1.165) is 11.1 Å². The fourth-order valence-electron chi connectivity index (χ4n) is 3.17. The Labute approximate surface area is 184 Å². The zero-order chi connectivity index (χ0) is 22.5. The molecule has 0 amide bonds. The third-order valence-corrected chi connectivity index (χ3v) is 4.90.